The van der Waals surface area contributed by atoms with Crippen molar-refractivity contribution in [2.45, 2.75) is 13.8 Å². The molecule has 1 aliphatic heterocycles. The second-order valence-electron chi connectivity index (χ2n) is 4.99. The third kappa shape index (κ3) is 2.71. The number of thiocarbonyl (C=S) groups is 1. The number of rotatable bonds is 2. The van der Waals surface area contributed by atoms with Crippen molar-refractivity contribution in [1.82, 2.24) is 9.88 Å². The average molecular weight is 332 g/mol. The van der Waals surface area contributed by atoms with Crippen LogP contribution < -0.4 is 5.32 Å². The number of thioether (sulfide) groups is 1. The number of hydrogen-bond donors (Lipinski definition) is 1. The van der Waals surface area contributed by atoms with E-state index in [0.717, 1.165) is 22.6 Å². The zero-order chi connectivity index (χ0) is 15.9. The molecule has 1 saturated heterocycles. The van der Waals surface area contributed by atoms with E-state index in [1.165, 1.54) is 23.9 Å². The highest BCUT2D eigenvalue weighted by Crippen LogP contribution is 2.29. The van der Waals surface area contributed by atoms with Crippen LogP contribution in [-0.4, -0.2) is 14.8 Å². The Balaban J connectivity index is 2.04. The summed E-state index contributed by atoms with van der Waals surface area (Å²) in [6.07, 6.45) is 1.83. The van der Waals surface area contributed by atoms with Gasteiger partial charge < -0.3 is 9.88 Å². The normalized spacial score (nSPS) is 16.4. The van der Waals surface area contributed by atoms with Crippen molar-refractivity contribution < 1.29 is 9.18 Å². The standard InChI is InChI=1S/C16H13FN2OS2/c1-9-7-11(8-14-15(20)18-16(21)22-14)10(2)19(9)13-5-3-12(17)4-6-13/h3-8H,1-2H3,(H,18,20,21)/b14-8+. The molecule has 1 aliphatic rings. The number of benzene rings is 1. The first-order valence-electron chi connectivity index (χ1n) is 6.65. The van der Waals surface area contributed by atoms with E-state index in [1.807, 2.05) is 30.6 Å². The molecular formula is C16H13FN2OS2. The summed E-state index contributed by atoms with van der Waals surface area (Å²) in [6.45, 7) is 3.95. The summed E-state index contributed by atoms with van der Waals surface area (Å²) >= 11 is 6.25. The van der Waals surface area contributed by atoms with Crippen LogP contribution in [0.4, 0.5) is 4.39 Å². The lowest BCUT2D eigenvalue weighted by Crippen LogP contribution is -2.17. The van der Waals surface area contributed by atoms with E-state index in [4.69, 9.17) is 12.2 Å². The molecule has 2 heterocycles. The van der Waals surface area contributed by atoms with Gasteiger partial charge in [-0.1, -0.05) is 24.0 Å². The summed E-state index contributed by atoms with van der Waals surface area (Å²) in [5.41, 5.74) is 3.84. The molecule has 1 amide bonds. The molecule has 112 valence electrons. The fraction of sp³-hybridized carbons (Fsp3) is 0.125. The van der Waals surface area contributed by atoms with Crippen LogP contribution in [0.2, 0.25) is 0 Å². The summed E-state index contributed by atoms with van der Waals surface area (Å²) < 4.78 is 15.6. The third-order valence-electron chi connectivity index (χ3n) is 3.48. The topological polar surface area (TPSA) is 34.0 Å². The van der Waals surface area contributed by atoms with Gasteiger partial charge in [-0.25, -0.2) is 4.39 Å². The van der Waals surface area contributed by atoms with Gasteiger partial charge in [0.25, 0.3) is 5.91 Å². The zero-order valence-corrected chi connectivity index (χ0v) is 13.6. The smallest absolute Gasteiger partial charge is 0.263 e. The van der Waals surface area contributed by atoms with Crippen molar-refractivity contribution in [2.24, 2.45) is 0 Å². The number of aromatic nitrogens is 1. The minimum absolute atomic E-state index is 0.165. The highest BCUT2D eigenvalue weighted by Gasteiger charge is 2.22. The predicted octanol–water partition coefficient (Wildman–Crippen LogP) is 3.72. The fourth-order valence-electron chi connectivity index (χ4n) is 2.48. The Hall–Kier alpha value is -1.92. The van der Waals surface area contributed by atoms with Gasteiger partial charge in [0, 0.05) is 17.1 Å². The Kier molecular flexibility index (Phi) is 3.88. The molecule has 1 aromatic heterocycles. The molecule has 3 nitrogen and oxygen atoms in total. The molecular weight excluding hydrogens is 319 g/mol. The SMILES string of the molecule is Cc1cc(/C=C2/SC(=S)NC2=O)c(C)n1-c1ccc(F)cc1. The van der Waals surface area contributed by atoms with Crippen LogP contribution in [-0.2, 0) is 4.79 Å². The van der Waals surface area contributed by atoms with Gasteiger partial charge in [-0.3, -0.25) is 4.79 Å². The first-order valence-corrected chi connectivity index (χ1v) is 7.88. The molecule has 1 fully saturated rings. The maximum atomic E-state index is 13.1. The van der Waals surface area contributed by atoms with Crippen LogP contribution in [0, 0.1) is 19.7 Å². The lowest BCUT2D eigenvalue weighted by atomic mass is 10.2. The Labute approximate surface area is 137 Å². The second kappa shape index (κ2) is 5.70. The Morgan fingerprint density at radius 1 is 1.27 bits per heavy atom. The second-order valence-corrected chi connectivity index (χ2v) is 6.71. The molecule has 1 aromatic carbocycles. The van der Waals surface area contributed by atoms with Gasteiger partial charge in [-0.15, -0.1) is 0 Å². The summed E-state index contributed by atoms with van der Waals surface area (Å²) in [6, 6.07) is 8.34. The van der Waals surface area contributed by atoms with Gasteiger partial charge in [0.2, 0.25) is 0 Å². The maximum Gasteiger partial charge on any atom is 0.263 e. The lowest BCUT2D eigenvalue weighted by Gasteiger charge is -2.09. The fourth-order valence-corrected chi connectivity index (χ4v) is 3.52. The van der Waals surface area contributed by atoms with Crippen molar-refractivity contribution in [3.63, 3.8) is 0 Å². The van der Waals surface area contributed by atoms with Gasteiger partial charge in [-0.05, 0) is 55.8 Å². The van der Waals surface area contributed by atoms with E-state index in [-0.39, 0.29) is 11.7 Å². The van der Waals surface area contributed by atoms with Crippen molar-refractivity contribution in [3.05, 3.63) is 58.0 Å². The number of carbonyl (C=O) groups excluding carboxylic acids is 1. The quantitative estimate of drug-likeness (QED) is 0.672. The molecule has 0 saturated carbocycles. The number of hydrogen-bond acceptors (Lipinski definition) is 3. The highest BCUT2D eigenvalue weighted by molar-refractivity contribution is 8.26. The molecule has 0 bridgehead atoms. The molecule has 0 aliphatic carbocycles. The van der Waals surface area contributed by atoms with Gasteiger partial charge >= 0.3 is 0 Å². The molecule has 0 radical (unpaired) electrons. The summed E-state index contributed by atoms with van der Waals surface area (Å²) in [4.78, 5) is 12.4. The van der Waals surface area contributed by atoms with E-state index < -0.39 is 0 Å². The van der Waals surface area contributed by atoms with Gasteiger partial charge in [0.1, 0.15) is 10.1 Å². The van der Waals surface area contributed by atoms with Crippen molar-refractivity contribution >= 4 is 40.3 Å². The monoisotopic (exact) mass is 332 g/mol. The molecule has 3 rings (SSSR count). The van der Waals surface area contributed by atoms with Crippen LogP contribution in [0.5, 0.6) is 0 Å². The number of amides is 1. The van der Waals surface area contributed by atoms with E-state index in [0.29, 0.717) is 9.23 Å². The first-order chi connectivity index (χ1) is 10.5. The largest absolute Gasteiger partial charge is 0.318 e. The van der Waals surface area contributed by atoms with Gasteiger partial charge in [-0.2, -0.15) is 0 Å². The molecule has 22 heavy (non-hydrogen) atoms. The molecule has 2 aromatic rings. The number of halogens is 1. The summed E-state index contributed by atoms with van der Waals surface area (Å²) in [5, 5.41) is 2.60. The molecule has 1 N–H and O–H groups in total. The lowest BCUT2D eigenvalue weighted by molar-refractivity contribution is -0.115. The number of nitrogens with zero attached hydrogens (tertiary/aromatic N) is 1. The number of nitrogens with one attached hydrogen (secondary N) is 1. The van der Waals surface area contributed by atoms with E-state index in [1.54, 1.807) is 12.1 Å². The first kappa shape index (κ1) is 15.0. The Bertz CT molecular complexity index is 806. The third-order valence-corrected chi connectivity index (χ3v) is 4.65. The predicted molar refractivity (Wildman–Crippen MR) is 91.5 cm³/mol. The van der Waals surface area contributed by atoms with Crippen LogP contribution in [0.15, 0.2) is 35.2 Å². The maximum absolute atomic E-state index is 13.1. The molecule has 0 atom stereocenters. The summed E-state index contributed by atoms with van der Waals surface area (Å²) in [7, 11) is 0. The average Bonchev–Trinajstić information content (AvgIpc) is 2.92. The minimum atomic E-state index is -0.263. The van der Waals surface area contributed by atoms with Crippen LogP contribution in [0.1, 0.15) is 17.0 Å². The summed E-state index contributed by atoms with van der Waals surface area (Å²) in [5.74, 6) is -0.428. The Morgan fingerprint density at radius 3 is 2.55 bits per heavy atom. The molecule has 0 unspecified atom stereocenters. The number of aryl methyl sites for hydroxylation is 1. The van der Waals surface area contributed by atoms with Crippen molar-refractivity contribution in [1.29, 1.82) is 0 Å². The number of carbonyl (C=O) groups is 1. The van der Waals surface area contributed by atoms with E-state index >= 15 is 0 Å². The van der Waals surface area contributed by atoms with Crippen molar-refractivity contribution in [3.8, 4) is 5.69 Å². The zero-order valence-electron chi connectivity index (χ0n) is 12.0. The van der Waals surface area contributed by atoms with Gasteiger partial charge in [0.15, 0.2) is 0 Å². The van der Waals surface area contributed by atoms with Gasteiger partial charge in [0.05, 0.1) is 4.91 Å². The molecule has 0 spiro atoms. The highest BCUT2D eigenvalue weighted by atomic mass is 32.2. The van der Waals surface area contributed by atoms with E-state index in [2.05, 4.69) is 5.32 Å². The van der Waals surface area contributed by atoms with Crippen LogP contribution >= 0.6 is 24.0 Å². The Morgan fingerprint density at radius 2 is 1.95 bits per heavy atom. The molecule has 6 heteroatoms. The minimum Gasteiger partial charge on any atom is -0.318 e. The van der Waals surface area contributed by atoms with Crippen molar-refractivity contribution in [2.75, 3.05) is 0 Å². The van der Waals surface area contributed by atoms with E-state index in [9.17, 15) is 9.18 Å². The van der Waals surface area contributed by atoms with Crippen LogP contribution in [0.3, 0.4) is 0 Å². The van der Waals surface area contributed by atoms with Crippen LogP contribution in [0.25, 0.3) is 11.8 Å².